The van der Waals surface area contributed by atoms with Crippen LogP contribution in [0.1, 0.15) is 4.88 Å². The lowest BCUT2D eigenvalue weighted by Gasteiger charge is -2.06. The van der Waals surface area contributed by atoms with Crippen LogP contribution in [0.15, 0.2) is 29.6 Å². The molecule has 98 valence electrons. The predicted molar refractivity (Wildman–Crippen MR) is 77.3 cm³/mol. The third kappa shape index (κ3) is 3.52. The normalized spacial score (nSPS) is 10.3. The molecule has 0 unspecified atom stereocenters. The minimum absolute atomic E-state index is 0.379. The van der Waals surface area contributed by atoms with Crippen LogP contribution in [-0.4, -0.2) is 26.3 Å². The topological polar surface area (TPSA) is 35.5 Å². The molecular weight excluding hydrogens is 280 g/mol. The summed E-state index contributed by atoms with van der Waals surface area (Å²) in [5, 5.41) is 2.03. The summed E-state index contributed by atoms with van der Waals surface area (Å²) in [5.41, 5.74) is 0. The highest BCUT2D eigenvalue weighted by Crippen LogP contribution is 2.30. The summed E-state index contributed by atoms with van der Waals surface area (Å²) in [6.45, 7) is 0. The number of thiophene rings is 2. The van der Waals surface area contributed by atoms with Crippen molar-refractivity contribution in [2.24, 2.45) is 0 Å². The van der Waals surface area contributed by atoms with Crippen molar-refractivity contribution in [1.82, 2.24) is 0 Å². The summed E-state index contributed by atoms with van der Waals surface area (Å²) in [6, 6.07) is 7.99. The minimum Gasteiger partial charge on any atom is -0.349 e. The number of ether oxygens (including phenoxy) is 2. The number of Topliss-reactive ketones (excluding diaryl/α,β-unsaturated/α-hetero) is 1. The first-order valence-electron chi connectivity index (χ1n) is 5.49. The number of hydrogen-bond acceptors (Lipinski definition) is 5. The van der Waals surface area contributed by atoms with Gasteiger partial charge in [0.25, 0.3) is 5.78 Å². The second-order valence-corrected chi connectivity index (χ2v) is 5.59. The van der Waals surface area contributed by atoms with E-state index in [9.17, 15) is 4.79 Å². The summed E-state index contributed by atoms with van der Waals surface area (Å²) in [5.74, 6) is 5.00. The van der Waals surface area contributed by atoms with Crippen molar-refractivity contribution < 1.29 is 14.3 Å². The van der Waals surface area contributed by atoms with E-state index in [1.165, 1.54) is 19.1 Å². The van der Waals surface area contributed by atoms with Gasteiger partial charge in [0, 0.05) is 24.0 Å². The maximum atomic E-state index is 11.6. The van der Waals surface area contributed by atoms with Crippen molar-refractivity contribution in [3.8, 4) is 21.6 Å². The molecule has 19 heavy (non-hydrogen) atoms. The Kier molecular flexibility index (Phi) is 4.88. The molecule has 0 aliphatic heterocycles. The van der Waals surface area contributed by atoms with Crippen molar-refractivity contribution in [3.05, 3.63) is 34.5 Å². The molecule has 0 radical (unpaired) electrons. The van der Waals surface area contributed by atoms with Crippen molar-refractivity contribution >= 4 is 28.5 Å². The van der Waals surface area contributed by atoms with Gasteiger partial charge < -0.3 is 9.47 Å². The SMILES string of the molecule is COC(OC)C(=O)C#Cc1ccc(-c2cccs2)s1. The van der Waals surface area contributed by atoms with Crippen molar-refractivity contribution in [2.45, 2.75) is 6.29 Å². The average molecular weight is 292 g/mol. The molecule has 0 bridgehead atoms. The summed E-state index contributed by atoms with van der Waals surface area (Å²) in [4.78, 5) is 14.8. The fraction of sp³-hybridized carbons (Fsp3) is 0.214. The first-order chi connectivity index (χ1) is 9.24. The summed E-state index contributed by atoms with van der Waals surface area (Å²) >= 11 is 3.24. The van der Waals surface area contributed by atoms with Crippen LogP contribution in [0.4, 0.5) is 0 Å². The fourth-order valence-electron chi connectivity index (χ4n) is 1.45. The van der Waals surface area contributed by atoms with Gasteiger partial charge in [-0.15, -0.1) is 22.7 Å². The first-order valence-corrected chi connectivity index (χ1v) is 7.19. The van der Waals surface area contributed by atoms with Crippen LogP contribution in [0.5, 0.6) is 0 Å². The predicted octanol–water partition coefficient (Wildman–Crippen LogP) is 3.02. The van der Waals surface area contributed by atoms with E-state index >= 15 is 0 Å². The Morgan fingerprint density at radius 1 is 1.21 bits per heavy atom. The molecule has 0 aromatic carbocycles. The summed E-state index contributed by atoms with van der Waals surface area (Å²) in [6.07, 6.45) is -0.913. The third-order valence-corrected chi connectivity index (χ3v) is 4.39. The molecule has 2 rings (SSSR count). The van der Waals surface area contributed by atoms with E-state index in [2.05, 4.69) is 17.9 Å². The number of rotatable bonds is 4. The molecule has 0 saturated carbocycles. The number of carbonyl (C=O) groups excluding carboxylic acids is 1. The maximum absolute atomic E-state index is 11.6. The standard InChI is InChI=1S/C14H12O3S2/c1-16-14(17-2)11(15)7-5-10-6-8-13(19-10)12-4-3-9-18-12/h3-4,6,8-9,14H,1-2H3. The summed E-state index contributed by atoms with van der Waals surface area (Å²) < 4.78 is 9.69. The van der Waals surface area contributed by atoms with Crippen molar-refractivity contribution in [3.63, 3.8) is 0 Å². The van der Waals surface area contributed by atoms with E-state index < -0.39 is 6.29 Å². The number of methoxy groups -OCH3 is 2. The molecule has 2 heterocycles. The Morgan fingerprint density at radius 2 is 2.00 bits per heavy atom. The molecule has 0 spiro atoms. The van der Waals surface area contributed by atoms with Gasteiger partial charge in [-0.1, -0.05) is 6.07 Å². The Hall–Kier alpha value is -1.45. The highest BCUT2D eigenvalue weighted by molar-refractivity contribution is 7.21. The first kappa shape index (κ1) is 14.0. The van der Waals surface area contributed by atoms with E-state index in [-0.39, 0.29) is 5.78 Å². The quantitative estimate of drug-likeness (QED) is 0.642. The highest BCUT2D eigenvalue weighted by atomic mass is 32.1. The molecule has 0 N–H and O–H groups in total. The zero-order chi connectivity index (χ0) is 13.7. The molecule has 0 saturated heterocycles. The van der Waals surface area contributed by atoms with Crippen LogP contribution in [0.3, 0.4) is 0 Å². The lowest BCUT2D eigenvalue weighted by atomic mass is 10.3. The van der Waals surface area contributed by atoms with Gasteiger partial charge in [-0.25, -0.2) is 0 Å². The monoisotopic (exact) mass is 292 g/mol. The Morgan fingerprint density at radius 3 is 2.63 bits per heavy atom. The van der Waals surface area contributed by atoms with Gasteiger partial charge in [0.15, 0.2) is 0 Å². The van der Waals surface area contributed by atoms with Crippen LogP contribution < -0.4 is 0 Å². The number of carbonyl (C=O) groups is 1. The number of hydrogen-bond donors (Lipinski definition) is 0. The van der Waals surface area contributed by atoms with Crippen LogP contribution >= 0.6 is 22.7 Å². The van der Waals surface area contributed by atoms with Crippen LogP contribution in [0.2, 0.25) is 0 Å². The van der Waals surface area contributed by atoms with Gasteiger partial charge in [-0.3, -0.25) is 4.79 Å². The molecule has 2 aromatic rings. The van der Waals surface area contributed by atoms with Gasteiger partial charge in [0.2, 0.25) is 6.29 Å². The molecular formula is C14H12O3S2. The zero-order valence-electron chi connectivity index (χ0n) is 10.5. The lowest BCUT2D eigenvalue weighted by Crippen LogP contribution is -2.23. The van der Waals surface area contributed by atoms with E-state index in [4.69, 9.17) is 9.47 Å². The zero-order valence-corrected chi connectivity index (χ0v) is 12.1. The Bertz CT molecular complexity index is 598. The van der Waals surface area contributed by atoms with Crippen LogP contribution in [0.25, 0.3) is 9.75 Å². The Labute approximate surface area is 119 Å². The molecule has 3 nitrogen and oxygen atoms in total. The van der Waals surface area contributed by atoms with E-state index in [1.807, 2.05) is 23.6 Å². The van der Waals surface area contributed by atoms with Crippen LogP contribution in [-0.2, 0) is 14.3 Å². The largest absolute Gasteiger partial charge is 0.349 e. The third-order valence-electron chi connectivity index (χ3n) is 2.32. The van der Waals surface area contributed by atoms with Crippen molar-refractivity contribution in [2.75, 3.05) is 14.2 Å². The second kappa shape index (κ2) is 6.64. The average Bonchev–Trinajstić information content (AvgIpc) is 3.08. The molecule has 0 atom stereocenters. The molecule has 5 heteroatoms. The summed E-state index contributed by atoms with van der Waals surface area (Å²) in [7, 11) is 2.82. The van der Waals surface area contributed by atoms with Gasteiger partial charge in [0.05, 0.1) is 4.88 Å². The molecule has 0 amide bonds. The molecule has 0 aliphatic rings. The van der Waals surface area contributed by atoms with E-state index in [0.29, 0.717) is 0 Å². The van der Waals surface area contributed by atoms with Gasteiger partial charge in [0.1, 0.15) is 0 Å². The minimum atomic E-state index is -0.913. The van der Waals surface area contributed by atoms with Gasteiger partial charge >= 0.3 is 0 Å². The molecule has 0 fully saturated rings. The lowest BCUT2D eigenvalue weighted by molar-refractivity contribution is -0.150. The Balaban J connectivity index is 2.11. The highest BCUT2D eigenvalue weighted by Gasteiger charge is 2.13. The van der Waals surface area contributed by atoms with Gasteiger partial charge in [-0.2, -0.15) is 0 Å². The fourth-order valence-corrected chi connectivity index (χ4v) is 3.14. The van der Waals surface area contributed by atoms with E-state index in [0.717, 1.165) is 9.75 Å². The number of ketones is 1. The maximum Gasteiger partial charge on any atom is 0.261 e. The molecule has 2 aromatic heterocycles. The van der Waals surface area contributed by atoms with E-state index in [1.54, 1.807) is 22.7 Å². The smallest absolute Gasteiger partial charge is 0.261 e. The second-order valence-electron chi connectivity index (χ2n) is 3.56. The van der Waals surface area contributed by atoms with Crippen LogP contribution in [0, 0.1) is 11.8 Å². The molecule has 0 aliphatic carbocycles. The van der Waals surface area contributed by atoms with Crippen molar-refractivity contribution in [1.29, 1.82) is 0 Å². The van der Waals surface area contributed by atoms with Gasteiger partial charge in [-0.05, 0) is 35.4 Å².